The lowest BCUT2D eigenvalue weighted by molar-refractivity contribution is 0.0695. The van der Waals surface area contributed by atoms with Crippen LogP contribution in [0.3, 0.4) is 0 Å². The first-order chi connectivity index (χ1) is 9.66. The third-order valence-electron chi connectivity index (χ3n) is 3.28. The third kappa shape index (κ3) is 2.53. The minimum absolute atomic E-state index is 0.0118. The number of aromatic nitrogens is 2. The highest BCUT2D eigenvalue weighted by atomic mass is 19.1. The van der Waals surface area contributed by atoms with E-state index in [-0.39, 0.29) is 16.6 Å². The number of carbonyl (C=O) groups is 1. The van der Waals surface area contributed by atoms with Gasteiger partial charge >= 0.3 is 5.97 Å². The third-order valence-corrected chi connectivity index (χ3v) is 3.28. The fraction of sp³-hybridized carbons (Fsp3) is 0.400. The Balaban J connectivity index is 2.95. The first kappa shape index (κ1) is 15.2. The van der Waals surface area contributed by atoms with Crippen molar-refractivity contribution in [2.45, 2.75) is 39.7 Å². The van der Waals surface area contributed by atoms with Crippen LogP contribution in [0.1, 0.15) is 43.7 Å². The fourth-order valence-electron chi connectivity index (χ4n) is 2.21. The molecule has 0 aliphatic rings. The van der Waals surface area contributed by atoms with Crippen LogP contribution in [-0.2, 0) is 12.0 Å². The second-order valence-corrected chi connectivity index (χ2v) is 5.90. The molecule has 0 aliphatic heterocycles. The Kier molecular flexibility index (Phi) is 3.57. The van der Waals surface area contributed by atoms with Crippen LogP contribution < -0.4 is 5.43 Å². The molecule has 0 saturated heterocycles. The molecule has 1 N–H and O–H groups in total. The van der Waals surface area contributed by atoms with Crippen molar-refractivity contribution in [3.63, 3.8) is 0 Å². The molecule has 2 aromatic heterocycles. The van der Waals surface area contributed by atoms with Crippen molar-refractivity contribution in [2.75, 3.05) is 0 Å². The molecule has 112 valence electrons. The van der Waals surface area contributed by atoms with Gasteiger partial charge in [0.25, 0.3) is 0 Å². The maximum atomic E-state index is 14.2. The second kappa shape index (κ2) is 4.95. The van der Waals surface area contributed by atoms with Gasteiger partial charge in [-0.05, 0) is 13.0 Å². The Morgan fingerprint density at radius 2 is 2.05 bits per heavy atom. The number of aromatic carboxylic acids is 1. The van der Waals surface area contributed by atoms with E-state index in [0.29, 0.717) is 12.2 Å². The van der Waals surface area contributed by atoms with E-state index in [2.05, 4.69) is 4.98 Å². The molecule has 2 heterocycles. The number of hydrogen-bond acceptors (Lipinski definition) is 3. The van der Waals surface area contributed by atoms with E-state index in [4.69, 9.17) is 5.11 Å². The maximum absolute atomic E-state index is 14.2. The summed E-state index contributed by atoms with van der Waals surface area (Å²) in [7, 11) is 0. The highest BCUT2D eigenvalue weighted by Gasteiger charge is 2.23. The van der Waals surface area contributed by atoms with Crippen LogP contribution >= 0.6 is 0 Å². The SMILES string of the molecule is CCn1cc(C(=O)O)c(=O)c2cc(F)c(C(C)(C)C)nc21. The summed E-state index contributed by atoms with van der Waals surface area (Å²) in [6, 6.07) is 1.09. The van der Waals surface area contributed by atoms with Crippen molar-refractivity contribution < 1.29 is 14.3 Å². The van der Waals surface area contributed by atoms with Gasteiger partial charge in [0.05, 0.1) is 11.1 Å². The van der Waals surface area contributed by atoms with E-state index in [1.165, 1.54) is 6.20 Å². The molecule has 6 heteroatoms. The molecule has 0 aromatic carbocycles. The standard InChI is InChI=1S/C15H17FN2O3/c1-5-18-7-9(14(20)21)11(19)8-6-10(16)12(15(2,3)4)17-13(8)18/h6-7H,5H2,1-4H3,(H,20,21). The first-order valence-electron chi connectivity index (χ1n) is 6.64. The molecular weight excluding hydrogens is 275 g/mol. The summed E-state index contributed by atoms with van der Waals surface area (Å²) >= 11 is 0. The first-order valence-corrected chi connectivity index (χ1v) is 6.64. The summed E-state index contributed by atoms with van der Waals surface area (Å²) in [6.45, 7) is 7.70. The monoisotopic (exact) mass is 292 g/mol. The van der Waals surface area contributed by atoms with E-state index >= 15 is 0 Å². The van der Waals surface area contributed by atoms with E-state index in [1.54, 1.807) is 11.5 Å². The average molecular weight is 292 g/mol. The van der Waals surface area contributed by atoms with Crippen LogP contribution in [0.25, 0.3) is 11.0 Å². The minimum atomic E-state index is -1.33. The number of halogens is 1. The Labute approximate surface area is 121 Å². The van der Waals surface area contributed by atoms with Gasteiger partial charge in [0.2, 0.25) is 5.43 Å². The average Bonchev–Trinajstić information content (AvgIpc) is 2.37. The Hall–Kier alpha value is -2.24. The molecule has 2 rings (SSSR count). The number of fused-ring (bicyclic) bond motifs is 1. The number of carboxylic acids is 1. The van der Waals surface area contributed by atoms with Crippen molar-refractivity contribution in [1.29, 1.82) is 0 Å². The molecule has 0 bridgehead atoms. The van der Waals surface area contributed by atoms with Crippen LogP contribution in [0.15, 0.2) is 17.1 Å². The zero-order valence-electron chi connectivity index (χ0n) is 12.4. The molecule has 0 amide bonds. The van der Waals surface area contributed by atoms with Gasteiger partial charge in [0.1, 0.15) is 17.0 Å². The molecule has 0 aliphatic carbocycles. The van der Waals surface area contributed by atoms with Gasteiger partial charge in [-0.2, -0.15) is 0 Å². The molecule has 0 saturated carbocycles. The summed E-state index contributed by atoms with van der Waals surface area (Å²) in [5.41, 5.74) is -1.06. The summed E-state index contributed by atoms with van der Waals surface area (Å²) < 4.78 is 15.8. The Bertz CT molecular complexity index is 788. The van der Waals surface area contributed by atoms with Crippen LogP contribution in [0.4, 0.5) is 4.39 Å². The zero-order chi connectivity index (χ0) is 15.9. The molecule has 0 spiro atoms. The van der Waals surface area contributed by atoms with Gasteiger partial charge in [-0.15, -0.1) is 0 Å². The van der Waals surface area contributed by atoms with E-state index in [9.17, 15) is 14.0 Å². The molecule has 0 fully saturated rings. The van der Waals surface area contributed by atoms with Crippen molar-refractivity contribution in [2.24, 2.45) is 0 Å². The predicted octanol–water partition coefficient (Wildman–Crippen LogP) is 2.55. The van der Waals surface area contributed by atoms with Gasteiger partial charge in [0.15, 0.2) is 0 Å². The van der Waals surface area contributed by atoms with Crippen LogP contribution in [0.5, 0.6) is 0 Å². The van der Waals surface area contributed by atoms with E-state index < -0.39 is 22.6 Å². The van der Waals surface area contributed by atoms with Crippen LogP contribution in [-0.4, -0.2) is 20.6 Å². The topological polar surface area (TPSA) is 72.2 Å². The fourth-order valence-corrected chi connectivity index (χ4v) is 2.21. The van der Waals surface area contributed by atoms with Crippen LogP contribution in [0, 0.1) is 5.82 Å². The van der Waals surface area contributed by atoms with E-state index in [0.717, 1.165) is 6.07 Å². The van der Waals surface area contributed by atoms with Gasteiger partial charge in [-0.25, -0.2) is 14.2 Å². The van der Waals surface area contributed by atoms with E-state index in [1.807, 2.05) is 20.8 Å². The summed E-state index contributed by atoms with van der Waals surface area (Å²) in [5, 5.41) is 9.06. The quantitative estimate of drug-likeness (QED) is 0.923. The number of pyridine rings is 2. The smallest absolute Gasteiger partial charge is 0.341 e. The second-order valence-electron chi connectivity index (χ2n) is 5.90. The maximum Gasteiger partial charge on any atom is 0.341 e. The van der Waals surface area contributed by atoms with Gasteiger partial charge in [-0.3, -0.25) is 4.79 Å². The molecule has 21 heavy (non-hydrogen) atoms. The van der Waals surface area contributed by atoms with Crippen molar-refractivity contribution >= 4 is 17.0 Å². The Morgan fingerprint density at radius 1 is 1.43 bits per heavy atom. The zero-order valence-corrected chi connectivity index (χ0v) is 12.4. The van der Waals surface area contributed by atoms with Crippen molar-refractivity contribution in [3.05, 3.63) is 39.6 Å². The van der Waals surface area contributed by atoms with Gasteiger partial charge in [0, 0.05) is 18.2 Å². The normalized spacial score (nSPS) is 11.9. The molecule has 5 nitrogen and oxygen atoms in total. The van der Waals surface area contributed by atoms with Gasteiger partial charge in [-0.1, -0.05) is 20.8 Å². The molecule has 0 radical (unpaired) electrons. The lowest BCUT2D eigenvalue weighted by atomic mass is 9.91. The minimum Gasteiger partial charge on any atom is -0.477 e. The lowest BCUT2D eigenvalue weighted by Gasteiger charge is -2.20. The number of rotatable bonds is 2. The lowest BCUT2D eigenvalue weighted by Crippen LogP contribution is -2.22. The summed E-state index contributed by atoms with van der Waals surface area (Å²) in [6.07, 6.45) is 1.25. The highest BCUT2D eigenvalue weighted by Crippen LogP contribution is 2.25. The molecule has 0 atom stereocenters. The summed E-state index contributed by atoms with van der Waals surface area (Å²) in [4.78, 5) is 27.5. The van der Waals surface area contributed by atoms with Gasteiger partial charge < -0.3 is 9.67 Å². The highest BCUT2D eigenvalue weighted by molar-refractivity contribution is 5.91. The number of aryl methyl sites for hydroxylation is 1. The van der Waals surface area contributed by atoms with Crippen LogP contribution in [0.2, 0.25) is 0 Å². The van der Waals surface area contributed by atoms with Crippen molar-refractivity contribution in [3.8, 4) is 0 Å². The number of carboxylic acid groups (broad SMARTS) is 1. The molecule has 2 aromatic rings. The summed E-state index contributed by atoms with van der Waals surface area (Å²) in [5.74, 6) is -1.93. The predicted molar refractivity (Wildman–Crippen MR) is 77.3 cm³/mol. The number of hydrogen-bond donors (Lipinski definition) is 1. The van der Waals surface area contributed by atoms with Crippen molar-refractivity contribution in [1.82, 2.24) is 9.55 Å². The molecular formula is C15H17FN2O3. The Morgan fingerprint density at radius 3 is 2.52 bits per heavy atom. The largest absolute Gasteiger partial charge is 0.477 e. The molecule has 0 unspecified atom stereocenters. The number of nitrogens with zero attached hydrogens (tertiary/aromatic N) is 2.